The number of ether oxygens (including phenoxy) is 2. The second-order valence-electron chi connectivity index (χ2n) is 6.68. The molecule has 156 valence electrons. The maximum Gasteiger partial charge on any atom is 0.408 e. The van der Waals surface area contributed by atoms with Crippen molar-refractivity contribution >= 4 is 17.8 Å². The minimum absolute atomic E-state index is 0.0287. The SMILES string of the molecule is CC(C)(C)OC(=O)N[C@@H](CCC(=O)O)C(=O)COc1c(F)c(F)cc(F)c1F. The zero-order valence-electron chi connectivity index (χ0n) is 15.3. The Morgan fingerprint density at radius 2 is 1.64 bits per heavy atom. The first-order valence-electron chi connectivity index (χ1n) is 8.01. The fourth-order valence-corrected chi connectivity index (χ4v) is 1.95. The summed E-state index contributed by atoms with van der Waals surface area (Å²) in [6, 6.07) is -1.46. The molecule has 1 amide bonds. The number of amides is 1. The highest BCUT2D eigenvalue weighted by Gasteiger charge is 2.27. The summed E-state index contributed by atoms with van der Waals surface area (Å²) in [5.41, 5.74) is -0.910. The minimum atomic E-state index is -1.84. The highest BCUT2D eigenvalue weighted by Crippen LogP contribution is 2.26. The smallest absolute Gasteiger partial charge is 0.408 e. The maximum atomic E-state index is 13.6. The molecule has 0 unspecified atom stereocenters. The van der Waals surface area contributed by atoms with Crippen LogP contribution in [-0.2, 0) is 14.3 Å². The Kier molecular flexibility index (Phi) is 7.77. The molecule has 1 atom stereocenters. The fourth-order valence-electron chi connectivity index (χ4n) is 1.95. The molecule has 0 aliphatic heterocycles. The number of rotatable bonds is 8. The summed E-state index contributed by atoms with van der Waals surface area (Å²) in [6.07, 6.45) is -1.94. The Balaban J connectivity index is 2.89. The molecule has 28 heavy (non-hydrogen) atoms. The topological polar surface area (TPSA) is 102 Å². The summed E-state index contributed by atoms with van der Waals surface area (Å²) in [4.78, 5) is 34.7. The Labute approximate surface area is 157 Å². The van der Waals surface area contributed by atoms with Crippen LogP contribution < -0.4 is 10.1 Å². The van der Waals surface area contributed by atoms with Crippen molar-refractivity contribution < 1.29 is 46.5 Å². The van der Waals surface area contributed by atoms with E-state index in [2.05, 4.69) is 10.1 Å². The lowest BCUT2D eigenvalue weighted by atomic mass is 10.1. The molecule has 0 radical (unpaired) electrons. The van der Waals surface area contributed by atoms with Crippen LogP contribution in [0, 0.1) is 23.3 Å². The van der Waals surface area contributed by atoms with Gasteiger partial charge in [0.05, 0.1) is 6.04 Å². The largest absolute Gasteiger partial charge is 0.481 e. The van der Waals surface area contributed by atoms with Crippen molar-refractivity contribution in [3.63, 3.8) is 0 Å². The van der Waals surface area contributed by atoms with Gasteiger partial charge in [-0.05, 0) is 27.2 Å². The average Bonchev–Trinajstić information content (AvgIpc) is 2.54. The summed E-state index contributed by atoms with van der Waals surface area (Å²) >= 11 is 0. The van der Waals surface area contributed by atoms with Gasteiger partial charge >= 0.3 is 12.1 Å². The van der Waals surface area contributed by atoms with E-state index >= 15 is 0 Å². The van der Waals surface area contributed by atoms with E-state index in [1.165, 1.54) is 0 Å². The molecule has 1 aromatic rings. The predicted molar refractivity (Wildman–Crippen MR) is 86.8 cm³/mol. The monoisotopic (exact) mass is 409 g/mol. The van der Waals surface area contributed by atoms with Gasteiger partial charge in [-0.25, -0.2) is 13.6 Å². The van der Waals surface area contributed by atoms with Crippen molar-refractivity contribution in [3.8, 4) is 5.75 Å². The normalized spacial score (nSPS) is 12.2. The number of alkyl carbamates (subject to hydrolysis) is 1. The fraction of sp³-hybridized carbons (Fsp3) is 0.471. The minimum Gasteiger partial charge on any atom is -0.481 e. The number of benzene rings is 1. The van der Waals surface area contributed by atoms with E-state index < -0.39 is 71.5 Å². The van der Waals surface area contributed by atoms with E-state index in [1.807, 2.05) is 0 Å². The lowest BCUT2D eigenvalue weighted by Crippen LogP contribution is -2.45. The molecular weight excluding hydrogens is 390 g/mol. The number of hydrogen-bond donors (Lipinski definition) is 2. The average molecular weight is 409 g/mol. The molecule has 11 heteroatoms. The second kappa shape index (κ2) is 9.38. The molecule has 0 fully saturated rings. The van der Waals surface area contributed by atoms with E-state index in [0.717, 1.165) is 0 Å². The van der Waals surface area contributed by atoms with Crippen molar-refractivity contribution in [2.24, 2.45) is 0 Å². The van der Waals surface area contributed by atoms with Gasteiger partial charge in [0.2, 0.25) is 11.6 Å². The van der Waals surface area contributed by atoms with Gasteiger partial charge in [0.25, 0.3) is 0 Å². The third kappa shape index (κ3) is 7.05. The number of carbonyl (C=O) groups is 3. The zero-order chi connectivity index (χ0) is 21.6. The Hall–Kier alpha value is -2.85. The van der Waals surface area contributed by atoms with E-state index in [1.54, 1.807) is 20.8 Å². The highest BCUT2D eigenvalue weighted by molar-refractivity contribution is 5.89. The van der Waals surface area contributed by atoms with Crippen LogP contribution in [-0.4, -0.2) is 41.2 Å². The molecule has 0 bridgehead atoms. The molecule has 0 aromatic heterocycles. The number of ketones is 1. The Morgan fingerprint density at radius 3 is 2.11 bits per heavy atom. The van der Waals surface area contributed by atoms with Crippen molar-refractivity contribution in [1.82, 2.24) is 5.32 Å². The van der Waals surface area contributed by atoms with E-state index in [-0.39, 0.29) is 12.5 Å². The van der Waals surface area contributed by atoms with Gasteiger partial charge in [0, 0.05) is 12.5 Å². The van der Waals surface area contributed by atoms with Crippen molar-refractivity contribution in [2.75, 3.05) is 6.61 Å². The molecule has 1 rings (SSSR count). The third-order valence-electron chi connectivity index (χ3n) is 3.16. The van der Waals surface area contributed by atoms with Gasteiger partial charge in [-0.2, -0.15) is 8.78 Å². The standard InChI is InChI=1S/C17H19F4NO6/c1-17(2,3)28-16(26)22-10(4-5-12(24)25)11(23)7-27-15-13(20)8(18)6-9(19)14(15)21/h6,10H,4-5,7H2,1-3H3,(H,22,26)(H,24,25)/t10-/m0/s1. The van der Waals surface area contributed by atoms with Gasteiger partial charge in [-0.1, -0.05) is 0 Å². The van der Waals surface area contributed by atoms with Gasteiger partial charge in [0.1, 0.15) is 12.2 Å². The van der Waals surface area contributed by atoms with Crippen molar-refractivity contribution in [3.05, 3.63) is 29.3 Å². The number of hydrogen-bond acceptors (Lipinski definition) is 5. The second-order valence-corrected chi connectivity index (χ2v) is 6.68. The number of halogens is 4. The number of Topliss-reactive ketones (excluding diaryl/α,β-unsaturated/α-hetero) is 1. The highest BCUT2D eigenvalue weighted by atomic mass is 19.2. The van der Waals surface area contributed by atoms with Gasteiger partial charge in [0.15, 0.2) is 23.2 Å². The number of carboxylic acid groups (broad SMARTS) is 1. The lowest BCUT2D eigenvalue weighted by Gasteiger charge is -2.23. The third-order valence-corrected chi connectivity index (χ3v) is 3.16. The van der Waals surface area contributed by atoms with E-state index in [0.29, 0.717) is 0 Å². The molecule has 0 aliphatic rings. The van der Waals surface area contributed by atoms with E-state index in [4.69, 9.17) is 9.84 Å². The van der Waals surface area contributed by atoms with Gasteiger partial charge < -0.3 is 19.9 Å². The number of nitrogens with one attached hydrogen (secondary N) is 1. The first-order chi connectivity index (χ1) is 12.8. The predicted octanol–water partition coefficient (Wildman–Crippen LogP) is 2.95. The molecule has 0 saturated carbocycles. The first-order valence-corrected chi connectivity index (χ1v) is 8.01. The van der Waals surface area contributed by atoms with Crippen LogP contribution in [0.5, 0.6) is 5.75 Å². The van der Waals surface area contributed by atoms with Gasteiger partial charge in [-0.3, -0.25) is 9.59 Å². The molecule has 7 nitrogen and oxygen atoms in total. The van der Waals surface area contributed by atoms with Crippen molar-refractivity contribution in [1.29, 1.82) is 0 Å². The Morgan fingerprint density at radius 1 is 1.11 bits per heavy atom. The summed E-state index contributed by atoms with van der Waals surface area (Å²) in [5.74, 6) is -10.8. The van der Waals surface area contributed by atoms with Crippen LogP contribution >= 0.6 is 0 Å². The van der Waals surface area contributed by atoms with Gasteiger partial charge in [-0.15, -0.1) is 0 Å². The summed E-state index contributed by atoms with van der Waals surface area (Å²) < 4.78 is 62.9. The van der Waals surface area contributed by atoms with Crippen LogP contribution in [0.4, 0.5) is 22.4 Å². The molecule has 0 aliphatic carbocycles. The van der Waals surface area contributed by atoms with Crippen LogP contribution in [0.25, 0.3) is 0 Å². The van der Waals surface area contributed by atoms with Crippen LogP contribution in [0.2, 0.25) is 0 Å². The number of carboxylic acids is 1. The number of aliphatic carboxylic acids is 1. The number of carbonyl (C=O) groups excluding carboxylic acids is 2. The van der Waals surface area contributed by atoms with Crippen LogP contribution in [0.3, 0.4) is 0 Å². The lowest BCUT2D eigenvalue weighted by molar-refractivity contribution is -0.137. The summed E-state index contributed by atoms with van der Waals surface area (Å²) in [5, 5.41) is 10.9. The molecular formula is C17H19F4NO6. The molecule has 0 spiro atoms. The Bertz CT molecular complexity index is 737. The first kappa shape index (κ1) is 23.2. The molecule has 0 heterocycles. The van der Waals surface area contributed by atoms with Crippen molar-refractivity contribution in [2.45, 2.75) is 45.3 Å². The molecule has 1 aromatic carbocycles. The van der Waals surface area contributed by atoms with E-state index in [9.17, 15) is 31.9 Å². The molecule has 2 N–H and O–H groups in total. The zero-order valence-corrected chi connectivity index (χ0v) is 15.3. The quantitative estimate of drug-likeness (QED) is 0.506. The van der Waals surface area contributed by atoms with Crippen LogP contribution in [0.1, 0.15) is 33.6 Å². The summed E-state index contributed by atoms with van der Waals surface area (Å²) in [6.45, 7) is 3.56. The van der Waals surface area contributed by atoms with Crippen LogP contribution in [0.15, 0.2) is 6.07 Å². The molecule has 0 saturated heterocycles. The summed E-state index contributed by atoms with van der Waals surface area (Å²) in [7, 11) is 0. The maximum absolute atomic E-state index is 13.6.